The average molecular weight is 364 g/mol. The van der Waals surface area contributed by atoms with Crippen molar-refractivity contribution >= 4 is 29.0 Å². The van der Waals surface area contributed by atoms with Crippen molar-refractivity contribution in [1.82, 2.24) is 10.3 Å². The Morgan fingerprint density at radius 3 is 2.56 bits per heavy atom. The number of anilines is 2. The number of ether oxygens (including phenoxy) is 2. The normalized spacial score (nSPS) is 10.5. The summed E-state index contributed by atoms with van der Waals surface area (Å²) < 4.78 is 10.6. The first-order chi connectivity index (χ1) is 11.9. The van der Waals surface area contributed by atoms with Crippen LogP contribution in [0.3, 0.4) is 0 Å². The number of benzene rings is 1. The van der Waals surface area contributed by atoms with Gasteiger partial charge in [0.2, 0.25) is 0 Å². The van der Waals surface area contributed by atoms with Crippen molar-refractivity contribution in [3.05, 3.63) is 41.0 Å². The van der Waals surface area contributed by atoms with E-state index in [9.17, 15) is 4.79 Å². The van der Waals surface area contributed by atoms with Gasteiger partial charge in [0.25, 0.3) is 5.91 Å². The molecule has 25 heavy (non-hydrogen) atoms. The van der Waals surface area contributed by atoms with Crippen LogP contribution >= 0.6 is 11.6 Å². The van der Waals surface area contributed by atoms with Crippen molar-refractivity contribution < 1.29 is 14.3 Å². The van der Waals surface area contributed by atoms with Crippen molar-refractivity contribution in [1.29, 1.82) is 0 Å². The molecule has 6 nitrogen and oxygen atoms in total. The number of carbonyl (C=O) groups is 1. The predicted molar refractivity (Wildman–Crippen MR) is 99.2 cm³/mol. The quantitative estimate of drug-likeness (QED) is 0.781. The summed E-state index contributed by atoms with van der Waals surface area (Å²) in [7, 11) is 3.09. The molecule has 0 bridgehead atoms. The summed E-state index contributed by atoms with van der Waals surface area (Å²) in [5.74, 6) is 1.81. The number of nitrogens with zero attached hydrogens (tertiary/aromatic N) is 1. The molecule has 0 aliphatic carbocycles. The SMILES string of the molecule is COc1cc(Nc2cc(C(=O)NCC(C)C)ccn2)c(OC)cc1Cl. The molecule has 1 aromatic carbocycles. The highest BCUT2D eigenvalue weighted by atomic mass is 35.5. The lowest BCUT2D eigenvalue weighted by Gasteiger charge is -2.14. The third-order valence-electron chi connectivity index (χ3n) is 3.43. The van der Waals surface area contributed by atoms with Gasteiger partial charge in [-0.2, -0.15) is 0 Å². The van der Waals surface area contributed by atoms with E-state index < -0.39 is 0 Å². The minimum Gasteiger partial charge on any atom is -0.495 e. The lowest BCUT2D eigenvalue weighted by atomic mass is 10.2. The molecule has 0 atom stereocenters. The van der Waals surface area contributed by atoms with Gasteiger partial charge >= 0.3 is 0 Å². The molecule has 134 valence electrons. The van der Waals surface area contributed by atoms with Crippen molar-refractivity contribution in [2.24, 2.45) is 5.92 Å². The van der Waals surface area contributed by atoms with Crippen LogP contribution in [-0.2, 0) is 0 Å². The van der Waals surface area contributed by atoms with Crippen molar-refractivity contribution in [3.63, 3.8) is 0 Å². The Morgan fingerprint density at radius 2 is 1.92 bits per heavy atom. The number of hydrogen-bond donors (Lipinski definition) is 2. The first-order valence-electron chi connectivity index (χ1n) is 7.87. The van der Waals surface area contributed by atoms with E-state index in [0.717, 1.165) is 0 Å². The maximum absolute atomic E-state index is 12.2. The molecule has 0 aliphatic heterocycles. The lowest BCUT2D eigenvalue weighted by molar-refractivity contribution is 0.0949. The lowest BCUT2D eigenvalue weighted by Crippen LogP contribution is -2.27. The summed E-state index contributed by atoms with van der Waals surface area (Å²) in [5.41, 5.74) is 1.16. The molecule has 0 saturated carbocycles. The molecule has 7 heteroatoms. The third kappa shape index (κ3) is 5.00. The molecule has 2 aromatic rings. The number of rotatable bonds is 7. The predicted octanol–water partition coefficient (Wildman–Crippen LogP) is 3.88. The summed E-state index contributed by atoms with van der Waals surface area (Å²) in [6.07, 6.45) is 1.58. The molecule has 0 unspecified atom stereocenters. The highest BCUT2D eigenvalue weighted by Gasteiger charge is 2.12. The van der Waals surface area contributed by atoms with Crippen LogP contribution in [0.4, 0.5) is 11.5 Å². The monoisotopic (exact) mass is 363 g/mol. The molecule has 0 spiro atoms. The molecular formula is C18H22ClN3O3. The Hall–Kier alpha value is -2.47. The molecular weight excluding hydrogens is 342 g/mol. The molecule has 1 aromatic heterocycles. The minimum absolute atomic E-state index is 0.139. The van der Waals surface area contributed by atoms with Crippen LogP contribution in [0.25, 0.3) is 0 Å². The number of halogens is 1. The number of aromatic nitrogens is 1. The number of carbonyl (C=O) groups excluding carboxylic acids is 1. The maximum Gasteiger partial charge on any atom is 0.251 e. The molecule has 0 radical (unpaired) electrons. The first kappa shape index (κ1) is 18.9. The van der Waals surface area contributed by atoms with E-state index in [1.807, 2.05) is 13.8 Å². The van der Waals surface area contributed by atoms with Crippen LogP contribution in [0, 0.1) is 5.92 Å². The number of amides is 1. The van der Waals surface area contributed by atoms with E-state index in [1.54, 1.807) is 37.6 Å². The fourth-order valence-electron chi connectivity index (χ4n) is 2.14. The zero-order chi connectivity index (χ0) is 18.4. The highest BCUT2D eigenvalue weighted by Crippen LogP contribution is 2.37. The number of pyridine rings is 1. The van der Waals surface area contributed by atoms with E-state index in [2.05, 4.69) is 15.6 Å². The first-order valence-corrected chi connectivity index (χ1v) is 8.25. The van der Waals surface area contributed by atoms with Crippen LogP contribution in [0.1, 0.15) is 24.2 Å². The number of nitrogens with one attached hydrogen (secondary N) is 2. The second-order valence-electron chi connectivity index (χ2n) is 5.85. The number of hydrogen-bond acceptors (Lipinski definition) is 5. The van der Waals surface area contributed by atoms with Crippen LogP contribution in [0.15, 0.2) is 30.5 Å². The zero-order valence-corrected chi connectivity index (χ0v) is 15.5. The molecule has 2 rings (SSSR count). The van der Waals surface area contributed by atoms with Gasteiger partial charge in [-0.15, -0.1) is 0 Å². The smallest absolute Gasteiger partial charge is 0.251 e. The second-order valence-corrected chi connectivity index (χ2v) is 6.25. The molecule has 0 saturated heterocycles. The van der Waals surface area contributed by atoms with Gasteiger partial charge in [-0.1, -0.05) is 25.4 Å². The fourth-order valence-corrected chi connectivity index (χ4v) is 2.37. The van der Waals surface area contributed by atoms with Gasteiger partial charge < -0.3 is 20.1 Å². The van der Waals surface area contributed by atoms with Gasteiger partial charge in [-0.3, -0.25) is 4.79 Å². The maximum atomic E-state index is 12.2. The standard InChI is InChI=1S/C18H22ClN3O3/c1-11(2)10-21-18(23)12-5-6-20-17(7-12)22-14-9-15(24-3)13(19)8-16(14)25-4/h5-9,11H,10H2,1-4H3,(H,20,22)(H,21,23). The molecule has 1 heterocycles. The number of methoxy groups -OCH3 is 2. The summed E-state index contributed by atoms with van der Waals surface area (Å²) in [5, 5.41) is 6.46. The Bertz CT molecular complexity index is 750. The second kappa shape index (κ2) is 8.58. The van der Waals surface area contributed by atoms with Crippen molar-refractivity contribution in [2.75, 3.05) is 26.1 Å². The minimum atomic E-state index is -0.139. The van der Waals surface area contributed by atoms with Gasteiger partial charge in [0.15, 0.2) is 0 Å². The van der Waals surface area contributed by atoms with Crippen molar-refractivity contribution in [3.8, 4) is 11.5 Å². The molecule has 2 N–H and O–H groups in total. The van der Waals surface area contributed by atoms with Gasteiger partial charge in [0.05, 0.1) is 24.9 Å². The Labute approximate surface area is 152 Å². The molecule has 0 aliphatic rings. The van der Waals surface area contributed by atoms with Gasteiger partial charge in [0.1, 0.15) is 17.3 Å². The van der Waals surface area contributed by atoms with E-state index >= 15 is 0 Å². The van der Waals surface area contributed by atoms with E-state index in [0.29, 0.717) is 46.1 Å². The summed E-state index contributed by atoms with van der Waals surface area (Å²) >= 11 is 6.11. The molecule has 1 amide bonds. The largest absolute Gasteiger partial charge is 0.495 e. The Kier molecular flexibility index (Phi) is 6.47. The van der Waals surface area contributed by atoms with E-state index in [1.165, 1.54) is 7.11 Å². The Balaban J connectivity index is 2.23. The van der Waals surface area contributed by atoms with E-state index in [-0.39, 0.29) is 5.91 Å². The zero-order valence-electron chi connectivity index (χ0n) is 14.7. The van der Waals surface area contributed by atoms with Crippen LogP contribution < -0.4 is 20.1 Å². The van der Waals surface area contributed by atoms with Gasteiger partial charge in [-0.25, -0.2) is 4.98 Å². The third-order valence-corrected chi connectivity index (χ3v) is 3.73. The highest BCUT2D eigenvalue weighted by molar-refractivity contribution is 6.32. The summed E-state index contributed by atoms with van der Waals surface area (Å²) in [6.45, 7) is 4.70. The van der Waals surface area contributed by atoms with Crippen molar-refractivity contribution in [2.45, 2.75) is 13.8 Å². The molecule has 0 fully saturated rings. The summed E-state index contributed by atoms with van der Waals surface area (Å²) in [4.78, 5) is 16.4. The van der Waals surface area contributed by atoms with Crippen LogP contribution in [0.2, 0.25) is 5.02 Å². The van der Waals surface area contributed by atoms with E-state index in [4.69, 9.17) is 21.1 Å². The van der Waals surface area contributed by atoms with Gasteiger partial charge in [-0.05, 0) is 18.1 Å². The fraction of sp³-hybridized carbons (Fsp3) is 0.333. The summed E-state index contributed by atoms with van der Waals surface area (Å²) in [6, 6.07) is 6.72. The topological polar surface area (TPSA) is 72.5 Å². The van der Waals surface area contributed by atoms with Crippen LogP contribution in [-0.4, -0.2) is 31.7 Å². The average Bonchev–Trinajstić information content (AvgIpc) is 2.60. The Morgan fingerprint density at radius 1 is 1.20 bits per heavy atom. The van der Waals surface area contributed by atoms with Gasteiger partial charge in [0, 0.05) is 30.4 Å². The van der Waals surface area contributed by atoms with Crippen LogP contribution in [0.5, 0.6) is 11.5 Å².